The van der Waals surface area contributed by atoms with Gasteiger partial charge in [0.25, 0.3) is 0 Å². The van der Waals surface area contributed by atoms with Crippen LogP contribution in [0.4, 0.5) is 0 Å². The molecule has 0 saturated heterocycles. The number of nitrogens with zero attached hydrogens (tertiary/aromatic N) is 1. The fraction of sp³-hybridized carbons (Fsp3) is 0.375. The molecule has 0 aliphatic rings. The van der Waals surface area contributed by atoms with E-state index in [1.54, 1.807) is 6.08 Å². The third kappa shape index (κ3) is 3.84. The van der Waals surface area contributed by atoms with Gasteiger partial charge in [-0.2, -0.15) is 5.26 Å². The van der Waals surface area contributed by atoms with E-state index in [4.69, 9.17) is 11.0 Å². The van der Waals surface area contributed by atoms with Crippen molar-refractivity contribution in [3.8, 4) is 6.07 Å². The SMILES string of the molecule is CC/C(N)=C(C#N)\C=C/CBr. The molecule has 0 fully saturated rings. The monoisotopic (exact) mass is 214 g/mol. The molecular weight excluding hydrogens is 204 g/mol. The summed E-state index contributed by atoms with van der Waals surface area (Å²) in [6.45, 7) is 1.93. The molecular formula is C8H11BrN2. The minimum atomic E-state index is 0.562. The molecule has 0 rings (SSSR count). The highest BCUT2D eigenvalue weighted by Gasteiger charge is 1.94. The first kappa shape index (κ1) is 10.2. The molecule has 0 spiro atoms. The fourth-order valence-corrected chi connectivity index (χ4v) is 0.756. The van der Waals surface area contributed by atoms with Gasteiger partial charge in [0.15, 0.2) is 0 Å². The predicted octanol–water partition coefficient (Wildman–Crippen LogP) is 2.08. The highest BCUT2D eigenvalue weighted by molar-refractivity contribution is 9.09. The second-order valence-electron chi connectivity index (χ2n) is 1.96. The Morgan fingerprint density at radius 3 is 2.73 bits per heavy atom. The smallest absolute Gasteiger partial charge is 0.101 e. The number of hydrogen-bond donors (Lipinski definition) is 1. The largest absolute Gasteiger partial charge is 0.401 e. The van der Waals surface area contributed by atoms with E-state index < -0.39 is 0 Å². The number of nitrogens with two attached hydrogens (primary N) is 1. The molecule has 0 aliphatic carbocycles. The lowest BCUT2D eigenvalue weighted by molar-refractivity contribution is 1.05. The van der Waals surface area contributed by atoms with Crippen molar-refractivity contribution in [3.63, 3.8) is 0 Å². The van der Waals surface area contributed by atoms with Gasteiger partial charge in [0, 0.05) is 11.0 Å². The van der Waals surface area contributed by atoms with E-state index in [-0.39, 0.29) is 0 Å². The Morgan fingerprint density at radius 1 is 1.73 bits per heavy atom. The molecule has 0 unspecified atom stereocenters. The van der Waals surface area contributed by atoms with Crippen LogP contribution in [0.3, 0.4) is 0 Å². The molecule has 0 radical (unpaired) electrons. The lowest BCUT2D eigenvalue weighted by Crippen LogP contribution is -1.98. The van der Waals surface area contributed by atoms with Crippen molar-refractivity contribution in [1.29, 1.82) is 5.26 Å². The molecule has 0 aromatic heterocycles. The van der Waals surface area contributed by atoms with Crippen LogP contribution in [0.15, 0.2) is 23.4 Å². The maximum Gasteiger partial charge on any atom is 0.101 e. The molecule has 0 amide bonds. The van der Waals surface area contributed by atoms with E-state index in [1.807, 2.05) is 19.1 Å². The van der Waals surface area contributed by atoms with E-state index in [0.29, 0.717) is 11.3 Å². The number of halogens is 1. The normalized spacial score (nSPS) is 12.8. The zero-order chi connectivity index (χ0) is 8.69. The molecule has 0 aromatic carbocycles. The van der Waals surface area contributed by atoms with Crippen LogP contribution in [0, 0.1) is 11.3 Å². The van der Waals surface area contributed by atoms with Crippen LogP contribution in [0.25, 0.3) is 0 Å². The summed E-state index contributed by atoms with van der Waals surface area (Å²) in [4.78, 5) is 0. The molecule has 0 atom stereocenters. The summed E-state index contributed by atoms with van der Waals surface area (Å²) in [6.07, 6.45) is 4.30. The second-order valence-corrected chi connectivity index (χ2v) is 2.61. The quantitative estimate of drug-likeness (QED) is 0.445. The van der Waals surface area contributed by atoms with Gasteiger partial charge >= 0.3 is 0 Å². The second kappa shape index (κ2) is 5.99. The Balaban J connectivity index is 4.43. The van der Waals surface area contributed by atoms with E-state index in [1.165, 1.54) is 0 Å². The van der Waals surface area contributed by atoms with Crippen molar-refractivity contribution in [2.45, 2.75) is 13.3 Å². The maximum atomic E-state index is 8.60. The Bertz CT molecular complexity index is 211. The summed E-state index contributed by atoms with van der Waals surface area (Å²) >= 11 is 3.22. The van der Waals surface area contributed by atoms with Crippen LogP contribution in [-0.2, 0) is 0 Å². The van der Waals surface area contributed by atoms with Crippen molar-refractivity contribution in [1.82, 2.24) is 0 Å². The number of alkyl halides is 1. The Kier molecular flexibility index (Phi) is 5.58. The van der Waals surface area contributed by atoms with Gasteiger partial charge in [-0.15, -0.1) is 0 Å². The Hall–Kier alpha value is -0.750. The molecule has 0 saturated carbocycles. The van der Waals surface area contributed by atoms with Gasteiger partial charge in [0.2, 0.25) is 0 Å². The molecule has 0 heterocycles. The first-order chi connectivity index (χ1) is 5.26. The first-order valence-electron chi connectivity index (χ1n) is 3.37. The average molecular weight is 215 g/mol. The average Bonchev–Trinajstić information content (AvgIpc) is 2.05. The van der Waals surface area contributed by atoms with E-state index in [9.17, 15) is 0 Å². The van der Waals surface area contributed by atoms with Crippen molar-refractivity contribution in [2.75, 3.05) is 5.33 Å². The van der Waals surface area contributed by atoms with Gasteiger partial charge in [-0.1, -0.05) is 28.9 Å². The van der Waals surface area contributed by atoms with Gasteiger partial charge in [0.05, 0.1) is 5.57 Å². The zero-order valence-corrected chi connectivity index (χ0v) is 8.06. The first-order valence-corrected chi connectivity index (χ1v) is 4.49. The highest BCUT2D eigenvalue weighted by Crippen LogP contribution is 2.03. The maximum absolute atomic E-state index is 8.60. The van der Waals surface area contributed by atoms with Crippen molar-refractivity contribution >= 4 is 15.9 Å². The number of hydrogen-bond acceptors (Lipinski definition) is 2. The number of allylic oxidation sites excluding steroid dienone is 4. The summed E-state index contributed by atoms with van der Waals surface area (Å²) < 4.78 is 0. The Labute approximate surface area is 75.5 Å². The fourth-order valence-electron chi connectivity index (χ4n) is 0.569. The third-order valence-corrected chi connectivity index (χ3v) is 1.59. The lowest BCUT2D eigenvalue weighted by Gasteiger charge is -1.95. The van der Waals surface area contributed by atoms with Crippen molar-refractivity contribution in [2.24, 2.45) is 5.73 Å². The summed E-state index contributed by atoms with van der Waals surface area (Å²) in [5.74, 6) is 0. The van der Waals surface area contributed by atoms with Gasteiger partial charge < -0.3 is 5.73 Å². The highest BCUT2D eigenvalue weighted by atomic mass is 79.9. The van der Waals surface area contributed by atoms with Crippen LogP contribution >= 0.6 is 15.9 Å². The minimum absolute atomic E-state index is 0.562. The summed E-state index contributed by atoms with van der Waals surface area (Å²) in [7, 11) is 0. The van der Waals surface area contributed by atoms with Crippen LogP contribution in [0.1, 0.15) is 13.3 Å². The van der Waals surface area contributed by atoms with Gasteiger partial charge in [-0.25, -0.2) is 0 Å². The lowest BCUT2D eigenvalue weighted by atomic mass is 10.2. The third-order valence-electron chi connectivity index (χ3n) is 1.22. The van der Waals surface area contributed by atoms with Crippen molar-refractivity contribution in [3.05, 3.63) is 23.4 Å². The molecule has 60 valence electrons. The zero-order valence-electron chi connectivity index (χ0n) is 6.47. The molecule has 2 nitrogen and oxygen atoms in total. The summed E-state index contributed by atoms with van der Waals surface area (Å²) in [5.41, 5.74) is 6.76. The van der Waals surface area contributed by atoms with Crippen LogP contribution in [-0.4, -0.2) is 5.33 Å². The van der Waals surface area contributed by atoms with Crippen molar-refractivity contribution < 1.29 is 0 Å². The molecule has 0 bridgehead atoms. The van der Waals surface area contributed by atoms with Gasteiger partial charge in [-0.3, -0.25) is 0 Å². The van der Waals surface area contributed by atoms with E-state index >= 15 is 0 Å². The molecule has 2 N–H and O–H groups in total. The van der Waals surface area contributed by atoms with E-state index in [2.05, 4.69) is 15.9 Å². The predicted molar refractivity (Wildman–Crippen MR) is 50.1 cm³/mol. The number of nitriles is 1. The summed E-state index contributed by atoms with van der Waals surface area (Å²) in [6, 6.07) is 2.03. The summed E-state index contributed by atoms with van der Waals surface area (Å²) in [5, 5.41) is 9.34. The topological polar surface area (TPSA) is 49.8 Å². The minimum Gasteiger partial charge on any atom is -0.401 e. The molecule has 3 heteroatoms. The number of rotatable bonds is 3. The van der Waals surface area contributed by atoms with Crippen LogP contribution in [0.2, 0.25) is 0 Å². The van der Waals surface area contributed by atoms with Crippen LogP contribution < -0.4 is 5.73 Å². The Morgan fingerprint density at radius 2 is 2.36 bits per heavy atom. The van der Waals surface area contributed by atoms with E-state index in [0.717, 1.165) is 11.8 Å². The van der Waals surface area contributed by atoms with Crippen LogP contribution in [0.5, 0.6) is 0 Å². The molecule has 11 heavy (non-hydrogen) atoms. The molecule has 0 aliphatic heterocycles. The van der Waals surface area contributed by atoms with Gasteiger partial charge in [0.1, 0.15) is 6.07 Å². The van der Waals surface area contributed by atoms with Gasteiger partial charge in [-0.05, 0) is 12.5 Å². The molecule has 0 aromatic rings. The standard InChI is InChI=1S/C8H11BrN2/c1-2-8(11)7(6-10)4-3-5-9/h3-4H,2,5,11H2,1H3/b4-3-,8-7-.